The Morgan fingerprint density at radius 3 is 1.67 bits per heavy atom. The molecule has 0 bridgehead atoms. The average molecular weight is 415 g/mol. The van der Waals surface area contributed by atoms with Crippen molar-refractivity contribution in [1.29, 1.82) is 10.8 Å². The summed E-state index contributed by atoms with van der Waals surface area (Å²) in [7, 11) is 0. The van der Waals surface area contributed by atoms with Gasteiger partial charge >= 0.3 is 0 Å². The minimum Gasteiger partial charge on any atom is -0.494 e. The van der Waals surface area contributed by atoms with Crippen LogP contribution >= 0.6 is 48.3 Å². The van der Waals surface area contributed by atoms with Gasteiger partial charge in [-0.05, 0) is 26.0 Å². The van der Waals surface area contributed by atoms with Crippen molar-refractivity contribution < 1.29 is 9.47 Å². The van der Waals surface area contributed by atoms with Gasteiger partial charge in [0.1, 0.15) is 11.5 Å². The number of rotatable bonds is 8. The normalized spacial score (nSPS) is 9.42. The van der Waals surface area contributed by atoms with E-state index in [4.69, 9.17) is 31.8 Å². The van der Waals surface area contributed by atoms with E-state index in [-0.39, 0.29) is 35.1 Å². The topological polar surface area (TPSA) is 118 Å². The average Bonchev–Trinajstić information content (AvgIpc) is 2.45. The first-order valence-electron chi connectivity index (χ1n) is 6.82. The summed E-state index contributed by atoms with van der Waals surface area (Å²) in [5, 5.41) is 14.8. The van der Waals surface area contributed by atoms with Gasteiger partial charge in [0.2, 0.25) is 0 Å². The van der Waals surface area contributed by atoms with Gasteiger partial charge in [0.05, 0.1) is 13.2 Å². The molecule has 10 heteroatoms. The van der Waals surface area contributed by atoms with Crippen molar-refractivity contribution in [3.05, 3.63) is 23.3 Å². The van der Waals surface area contributed by atoms with E-state index in [1.54, 1.807) is 0 Å². The molecule has 1 aromatic carbocycles. The van der Waals surface area contributed by atoms with E-state index in [0.29, 0.717) is 24.7 Å². The van der Waals surface area contributed by atoms with Crippen molar-refractivity contribution in [1.82, 2.24) is 0 Å². The molecule has 0 heterocycles. The van der Waals surface area contributed by atoms with E-state index in [9.17, 15) is 0 Å². The first kappa shape index (κ1) is 25.3. The second kappa shape index (κ2) is 13.3. The number of benzene rings is 1. The van der Waals surface area contributed by atoms with Crippen molar-refractivity contribution in [2.75, 3.05) is 13.2 Å². The molecule has 1 rings (SSSR count). The van der Waals surface area contributed by atoms with Crippen LogP contribution in [-0.2, 0) is 11.5 Å². The fourth-order valence-electron chi connectivity index (χ4n) is 1.83. The number of nitrogens with one attached hydrogen (secondary N) is 2. The smallest absolute Gasteiger partial charge is 0.151 e. The van der Waals surface area contributed by atoms with Crippen molar-refractivity contribution in [2.45, 2.75) is 25.4 Å². The highest BCUT2D eigenvalue weighted by molar-refractivity contribution is 8.13. The maximum atomic E-state index is 7.36. The predicted octanol–water partition coefficient (Wildman–Crippen LogP) is 3.58. The van der Waals surface area contributed by atoms with Gasteiger partial charge in [-0.1, -0.05) is 23.5 Å². The molecule has 0 aromatic heterocycles. The Hall–Kier alpha value is -0.960. The van der Waals surface area contributed by atoms with Crippen molar-refractivity contribution >= 4 is 58.7 Å². The van der Waals surface area contributed by atoms with Gasteiger partial charge in [0.25, 0.3) is 0 Å². The molecule has 0 amide bonds. The molecule has 0 saturated heterocycles. The van der Waals surface area contributed by atoms with Crippen LogP contribution in [0, 0.1) is 10.8 Å². The number of ether oxygens (including phenoxy) is 2. The van der Waals surface area contributed by atoms with E-state index in [1.807, 2.05) is 26.0 Å². The van der Waals surface area contributed by atoms with E-state index in [2.05, 4.69) is 0 Å². The van der Waals surface area contributed by atoms with Gasteiger partial charge in [-0.15, -0.1) is 24.8 Å². The fraction of sp³-hybridized carbons (Fsp3) is 0.429. The molecule has 0 aliphatic heterocycles. The Kier molecular flexibility index (Phi) is 14.1. The molecule has 0 aliphatic carbocycles. The SMILES string of the molecule is CCOc1cc(CSC(=N)N)c(OCC)c(CSC(=N)N)c1.Cl.Cl. The lowest BCUT2D eigenvalue weighted by molar-refractivity contribution is 0.326. The second-order valence-corrected chi connectivity index (χ2v) is 6.28. The summed E-state index contributed by atoms with van der Waals surface area (Å²) in [4.78, 5) is 0. The third-order valence-corrected chi connectivity index (χ3v) is 4.11. The van der Waals surface area contributed by atoms with Crippen LogP contribution < -0.4 is 20.9 Å². The molecule has 0 atom stereocenters. The Labute approximate surface area is 163 Å². The van der Waals surface area contributed by atoms with Crippen LogP contribution in [0.5, 0.6) is 11.5 Å². The molecule has 6 nitrogen and oxygen atoms in total. The molecule has 0 aliphatic rings. The first-order chi connectivity index (χ1) is 10.5. The van der Waals surface area contributed by atoms with E-state index in [0.717, 1.165) is 22.6 Å². The lowest BCUT2D eigenvalue weighted by Gasteiger charge is -2.17. The maximum absolute atomic E-state index is 7.36. The number of nitrogens with two attached hydrogens (primary N) is 2. The molecule has 24 heavy (non-hydrogen) atoms. The zero-order valence-corrected chi connectivity index (χ0v) is 16.9. The van der Waals surface area contributed by atoms with Gasteiger partial charge < -0.3 is 20.9 Å². The highest BCUT2D eigenvalue weighted by atomic mass is 35.5. The Morgan fingerprint density at radius 2 is 1.33 bits per heavy atom. The minimum absolute atomic E-state index is 0. The van der Waals surface area contributed by atoms with Gasteiger partial charge in [-0.3, -0.25) is 10.8 Å². The van der Waals surface area contributed by atoms with Crippen LogP contribution in [0.25, 0.3) is 0 Å². The maximum Gasteiger partial charge on any atom is 0.151 e. The number of thioether (sulfide) groups is 2. The lowest BCUT2D eigenvalue weighted by Crippen LogP contribution is -2.08. The molecule has 0 saturated carbocycles. The number of amidine groups is 2. The second-order valence-electron chi connectivity index (χ2n) is 4.24. The quantitative estimate of drug-likeness (QED) is 0.381. The Morgan fingerprint density at radius 1 is 0.917 bits per heavy atom. The first-order valence-corrected chi connectivity index (χ1v) is 8.80. The molecular weight excluding hydrogens is 391 g/mol. The molecule has 0 radical (unpaired) electrons. The minimum atomic E-state index is 0. The van der Waals surface area contributed by atoms with Crippen molar-refractivity contribution in [2.24, 2.45) is 11.5 Å². The third-order valence-electron chi connectivity index (χ3n) is 2.58. The van der Waals surface area contributed by atoms with Crippen LogP contribution in [0.1, 0.15) is 25.0 Å². The van der Waals surface area contributed by atoms with E-state index >= 15 is 0 Å². The third kappa shape index (κ3) is 8.77. The zero-order valence-electron chi connectivity index (χ0n) is 13.6. The molecule has 6 N–H and O–H groups in total. The van der Waals surface area contributed by atoms with E-state index < -0.39 is 0 Å². The largest absolute Gasteiger partial charge is 0.494 e. The van der Waals surface area contributed by atoms with Crippen LogP contribution in [0.2, 0.25) is 0 Å². The molecule has 0 unspecified atom stereocenters. The molecular formula is C14H24Cl2N4O2S2. The van der Waals surface area contributed by atoms with Gasteiger partial charge in [-0.2, -0.15) is 0 Å². The zero-order chi connectivity index (χ0) is 16.5. The summed E-state index contributed by atoms with van der Waals surface area (Å²) in [5.74, 6) is 2.56. The molecule has 138 valence electrons. The standard InChI is InChI=1S/C14H22N4O2S2.2ClH/c1-3-19-11-5-9(7-21-13(15)16)12(20-4-2)10(6-11)8-22-14(17)18;;/h5-6H,3-4,7-8H2,1-2H3,(H3,15,16)(H3,17,18);2*1H. The van der Waals surface area contributed by atoms with Crippen LogP contribution in [0.3, 0.4) is 0 Å². The summed E-state index contributed by atoms with van der Waals surface area (Å²) in [6.45, 7) is 4.93. The lowest BCUT2D eigenvalue weighted by atomic mass is 10.1. The summed E-state index contributed by atoms with van der Waals surface area (Å²) in [6.07, 6.45) is 0. The number of halogens is 2. The van der Waals surface area contributed by atoms with Crippen molar-refractivity contribution in [3.8, 4) is 11.5 Å². The summed E-state index contributed by atoms with van der Waals surface area (Å²) < 4.78 is 11.4. The molecule has 0 spiro atoms. The highest BCUT2D eigenvalue weighted by Gasteiger charge is 2.14. The summed E-state index contributed by atoms with van der Waals surface area (Å²) in [6, 6.07) is 3.82. The van der Waals surface area contributed by atoms with E-state index in [1.165, 1.54) is 23.5 Å². The summed E-state index contributed by atoms with van der Waals surface area (Å²) >= 11 is 2.47. The van der Waals surface area contributed by atoms with Gasteiger partial charge in [0.15, 0.2) is 10.3 Å². The molecule has 0 fully saturated rings. The summed E-state index contributed by atoms with van der Waals surface area (Å²) in [5.41, 5.74) is 12.7. The number of hydrogen-bond acceptors (Lipinski definition) is 6. The van der Waals surface area contributed by atoms with Crippen LogP contribution in [-0.4, -0.2) is 23.5 Å². The Bertz CT molecular complexity index is 509. The monoisotopic (exact) mass is 414 g/mol. The highest BCUT2D eigenvalue weighted by Crippen LogP contribution is 2.34. The van der Waals surface area contributed by atoms with Crippen LogP contribution in [0.4, 0.5) is 0 Å². The van der Waals surface area contributed by atoms with Crippen LogP contribution in [0.15, 0.2) is 12.1 Å². The van der Waals surface area contributed by atoms with Gasteiger partial charge in [0, 0.05) is 22.6 Å². The molecule has 1 aromatic rings. The van der Waals surface area contributed by atoms with Gasteiger partial charge in [-0.25, -0.2) is 0 Å². The predicted molar refractivity (Wildman–Crippen MR) is 110 cm³/mol. The Balaban J connectivity index is 0. The fourth-order valence-corrected chi connectivity index (χ4v) is 2.88. The van der Waals surface area contributed by atoms with Crippen molar-refractivity contribution in [3.63, 3.8) is 0 Å². The number of hydrogen-bond donors (Lipinski definition) is 4.